The molecule has 8 rings (SSSR count). The first-order valence-electron chi connectivity index (χ1n) is 24.5. The second-order valence-electron chi connectivity index (χ2n) is 22.8. The number of carboxylic acids is 1. The Balaban J connectivity index is 1.05. The Kier molecular flexibility index (Phi) is 14.0. The van der Waals surface area contributed by atoms with Crippen LogP contribution in [0, 0.1) is 56.7 Å². The zero-order valence-corrected chi connectivity index (χ0v) is 39.7. The zero-order valence-electron chi connectivity index (χ0n) is 39.7. The van der Waals surface area contributed by atoms with Crippen molar-refractivity contribution in [1.29, 1.82) is 0 Å². The van der Waals surface area contributed by atoms with Crippen LogP contribution in [-0.4, -0.2) is 180 Å². The third-order valence-electron chi connectivity index (χ3n) is 19.4. The van der Waals surface area contributed by atoms with Crippen molar-refractivity contribution in [3.8, 4) is 0 Å². The van der Waals surface area contributed by atoms with Gasteiger partial charge in [-0.2, -0.15) is 0 Å². The largest absolute Gasteiger partial charge is 0.481 e. The van der Waals surface area contributed by atoms with E-state index in [1.54, 1.807) is 6.92 Å². The van der Waals surface area contributed by atoms with E-state index in [-0.39, 0.29) is 41.9 Å². The summed E-state index contributed by atoms with van der Waals surface area (Å²) in [5, 5.41) is 117. The van der Waals surface area contributed by atoms with Gasteiger partial charge in [0.15, 0.2) is 12.6 Å². The summed E-state index contributed by atoms with van der Waals surface area (Å²) < 4.78 is 35.7. The lowest BCUT2D eigenvalue weighted by molar-refractivity contribution is -0.366. The van der Waals surface area contributed by atoms with Crippen molar-refractivity contribution < 1.29 is 94.2 Å². The van der Waals surface area contributed by atoms with Gasteiger partial charge in [-0.3, -0.25) is 9.59 Å². The highest BCUT2D eigenvalue weighted by Gasteiger charge is 2.74. The minimum Gasteiger partial charge on any atom is -0.481 e. The Bertz CT molecular complexity index is 1860. The molecule has 25 atom stereocenters. The van der Waals surface area contributed by atoms with Gasteiger partial charge in [0.25, 0.3) is 0 Å². The first kappa shape index (κ1) is 51.4. The van der Waals surface area contributed by atoms with Gasteiger partial charge in [-0.25, -0.2) is 0 Å². The summed E-state index contributed by atoms with van der Waals surface area (Å²) in [6.45, 7) is 13.0. The number of aliphatic hydroxyl groups is 10. The van der Waals surface area contributed by atoms with Crippen LogP contribution in [0.4, 0.5) is 0 Å². The van der Waals surface area contributed by atoms with Gasteiger partial charge in [0.05, 0.1) is 36.3 Å². The van der Waals surface area contributed by atoms with Crippen molar-refractivity contribution in [3.05, 3.63) is 11.6 Å². The monoisotopic (exact) mass is 956 g/mol. The summed E-state index contributed by atoms with van der Waals surface area (Å²) in [6, 6.07) is 0. The van der Waals surface area contributed by atoms with E-state index in [1.165, 1.54) is 0 Å². The van der Waals surface area contributed by atoms with Crippen molar-refractivity contribution >= 4 is 11.9 Å². The van der Waals surface area contributed by atoms with Crippen LogP contribution in [-0.2, 0) is 38.0 Å². The summed E-state index contributed by atoms with van der Waals surface area (Å²) in [5.74, 6) is -2.15. The lowest BCUT2D eigenvalue weighted by atomic mass is 9.33. The maximum Gasteiger partial charge on any atom is 0.315 e. The zero-order chi connectivity index (χ0) is 49.1. The van der Waals surface area contributed by atoms with Crippen LogP contribution in [0.15, 0.2) is 11.6 Å². The molecule has 0 aromatic rings. The number of carbonyl (C=O) groups excluding carboxylic acids is 1. The van der Waals surface area contributed by atoms with E-state index < -0.39 is 151 Å². The van der Waals surface area contributed by atoms with Gasteiger partial charge in [0.1, 0.15) is 67.1 Å². The molecule has 3 aliphatic heterocycles. The Labute approximate surface area is 391 Å². The lowest BCUT2D eigenvalue weighted by Gasteiger charge is -2.70. The second-order valence-corrected chi connectivity index (χ2v) is 22.8. The molecule has 3 heterocycles. The van der Waals surface area contributed by atoms with E-state index in [0.29, 0.717) is 44.9 Å². The van der Waals surface area contributed by atoms with E-state index in [4.69, 9.17) is 28.4 Å². The third kappa shape index (κ3) is 7.70. The summed E-state index contributed by atoms with van der Waals surface area (Å²) in [7, 11) is 0. The number of rotatable bonds is 9. The second kappa shape index (κ2) is 18.3. The first-order valence-corrected chi connectivity index (χ1v) is 24.5. The number of aliphatic carboxylic acids is 1. The molecule has 382 valence electrons. The van der Waals surface area contributed by atoms with Gasteiger partial charge in [-0.05, 0) is 111 Å². The molecule has 7 fully saturated rings. The normalized spacial score (nSPS) is 54.0. The van der Waals surface area contributed by atoms with Crippen molar-refractivity contribution in [2.24, 2.45) is 56.7 Å². The molecule has 5 aliphatic carbocycles. The average Bonchev–Trinajstić information content (AvgIpc) is 3.28. The molecule has 67 heavy (non-hydrogen) atoms. The Morgan fingerprint density at radius 2 is 1.25 bits per heavy atom. The highest BCUT2D eigenvalue weighted by Crippen LogP contribution is 2.76. The Morgan fingerprint density at radius 3 is 1.87 bits per heavy atom. The standard InChI is InChI=1S/C48H76O19/c1-20-10-15-47(43(61)67-40-36(57)34(55)32(53)25(19-50)64-40)16-17-48(42(59)60)23(29(47)21(20)2)8-9-27-45(6)13-12-28(44(4,5)26(45)11-14-46(27,48)7)65-41-37(58)38(30(51)22(3)62-41)66-39-35(56)33(54)31(52)24(18-49)63-39/h8,20-22,24-41,49-58H,9-19H2,1-7H3,(H,59,60)/t20-,21+,22+,24-,25-,26+,27-,28+,29+,30+,31-,32-,33+,34+,35-,36-,37-,38-,39+,40+,41+,45+,46-,47+,48-/m1/s1. The summed E-state index contributed by atoms with van der Waals surface area (Å²) in [6.07, 6.45) is -16.6. The minimum absolute atomic E-state index is 0.0207. The van der Waals surface area contributed by atoms with Crippen LogP contribution in [0.1, 0.15) is 106 Å². The molecular weight excluding hydrogens is 881 g/mol. The summed E-state index contributed by atoms with van der Waals surface area (Å²) in [4.78, 5) is 29.1. The maximum atomic E-state index is 14.7. The Hall–Kier alpha value is -1.92. The van der Waals surface area contributed by atoms with Gasteiger partial charge >= 0.3 is 11.9 Å². The molecule has 8 aliphatic rings. The predicted molar refractivity (Wildman–Crippen MR) is 231 cm³/mol. The van der Waals surface area contributed by atoms with E-state index in [0.717, 1.165) is 5.57 Å². The number of fused-ring (bicyclic) bond motifs is 7. The van der Waals surface area contributed by atoms with E-state index in [2.05, 4.69) is 47.6 Å². The summed E-state index contributed by atoms with van der Waals surface area (Å²) in [5.41, 5.74) is -3.41. The molecule has 0 unspecified atom stereocenters. The van der Waals surface area contributed by atoms with E-state index in [9.17, 15) is 65.8 Å². The quantitative estimate of drug-likeness (QED) is 0.0829. The van der Waals surface area contributed by atoms with Gasteiger partial charge in [-0.15, -0.1) is 0 Å². The summed E-state index contributed by atoms with van der Waals surface area (Å²) >= 11 is 0. The molecule has 19 heteroatoms. The van der Waals surface area contributed by atoms with Gasteiger partial charge < -0.3 is 84.6 Å². The van der Waals surface area contributed by atoms with Gasteiger partial charge in [-0.1, -0.05) is 53.2 Å². The molecule has 19 nitrogen and oxygen atoms in total. The van der Waals surface area contributed by atoms with Crippen LogP contribution in [0.5, 0.6) is 0 Å². The third-order valence-corrected chi connectivity index (χ3v) is 19.4. The van der Waals surface area contributed by atoms with Crippen LogP contribution in [0.2, 0.25) is 0 Å². The maximum absolute atomic E-state index is 14.7. The fourth-order valence-corrected chi connectivity index (χ4v) is 15.3. The number of ether oxygens (including phenoxy) is 6. The first-order chi connectivity index (χ1) is 31.4. The van der Waals surface area contributed by atoms with E-state index in [1.807, 2.05) is 0 Å². The molecule has 4 saturated carbocycles. The molecule has 0 aromatic carbocycles. The topological polar surface area (TPSA) is 312 Å². The highest BCUT2D eigenvalue weighted by atomic mass is 16.7. The molecular formula is C48H76O19. The Morgan fingerprint density at radius 1 is 0.657 bits per heavy atom. The average molecular weight is 957 g/mol. The number of carbonyl (C=O) groups is 2. The SMILES string of the molecule is C[C@H]1[C@H](C)CC[C@]2(C(=O)O[C@@H]3O[C@H](CO)[C@@H](O)[C@H](O)[C@H]3O)CC[C@]3(C(=O)O)C(=CC[C@@H]4[C@@]5(C)CC[C@H](O[C@@H]6O[C@@H](C)[C@H](O)[C@@H](O[C@@H]7O[C@H](CO)[C@@H](O)[C@H](O)[C@H]7O)[C@H]6O)C(C)(C)[C@@H]5CC[C@]43C)[C@H]12. The van der Waals surface area contributed by atoms with Gasteiger partial charge in [0.2, 0.25) is 6.29 Å². The molecule has 3 saturated heterocycles. The minimum atomic E-state index is -1.78. The molecule has 0 amide bonds. The number of hydrogen-bond donors (Lipinski definition) is 11. The number of hydrogen-bond acceptors (Lipinski definition) is 18. The van der Waals surface area contributed by atoms with E-state index >= 15 is 0 Å². The highest BCUT2D eigenvalue weighted by molar-refractivity contribution is 5.85. The van der Waals surface area contributed by atoms with Crippen molar-refractivity contribution in [1.82, 2.24) is 0 Å². The molecule has 11 N–H and O–H groups in total. The molecule has 0 spiro atoms. The fraction of sp³-hybridized carbons (Fsp3) is 0.917. The smallest absolute Gasteiger partial charge is 0.315 e. The fourth-order valence-electron chi connectivity index (χ4n) is 15.3. The van der Waals surface area contributed by atoms with Crippen LogP contribution >= 0.6 is 0 Å². The number of aliphatic hydroxyl groups excluding tert-OH is 10. The molecule has 0 radical (unpaired) electrons. The van der Waals surface area contributed by atoms with Crippen molar-refractivity contribution in [3.63, 3.8) is 0 Å². The van der Waals surface area contributed by atoms with Gasteiger partial charge in [0, 0.05) is 0 Å². The van der Waals surface area contributed by atoms with Crippen LogP contribution < -0.4 is 0 Å². The number of carboxylic acid groups (broad SMARTS) is 1. The van der Waals surface area contributed by atoms with Crippen LogP contribution in [0.3, 0.4) is 0 Å². The van der Waals surface area contributed by atoms with Crippen molar-refractivity contribution in [2.75, 3.05) is 13.2 Å². The number of esters is 1. The molecule has 0 aromatic heterocycles. The molecule has 0 bridgehead atoms. The van der Waals surface area contributed by atoms with Crippen LogP contribution in [0.25, 0.3) is 0 Å². The predicted octanol–water partition coefficient (Wildman–Crippen LogP) is 0.0887. The number of allylic oxidation sites excluding steroid dienone is 1. The lowest BCUT2D eigenvalue weighted by Crippen LogP contribution is -2.68. The van der Waals surface area contributed by atoms with Crippen molar-refractivity contribution in [2.45, 2.75) is 204 Å².